The van der Waals surface area contributed by atoms with Gasteiger partial charge in [-0.3, -0.25) is 4.68 Å². The fourth-order valence-corrected chi connectivity index (χ4v) is 3.71. The Bertz CT molecular complexity index is 311. The summed E-state index contributed by atoms with van der Waals surface area (Å²) in [6.07, 6.45) is 4.31. The summed E-state index contributed by atoms with van der Waals surface area (Å²) >= 11 is 2.07. The maximum atomic E-state index is 4.20. The van der Waals surface area contributed by atoms with Gasteiger partial charge in [-0.2, -0.15) is 16.9 Å². The van der Waals surface area contributed by atoms with Gasteiger partial charge in [0.1, 0.15) is 0 Å². The number of thioether (sulfide) groups is 1. The highest BCUT2D eigenvalue weighted by Gasteiger charge is 2.25. The van der Waals surface area contributed by atoms with Crippen LogP contribution in [0.4, 0.5) is 0 Å². The lowest BCUT2D eigenvalue weighted by atomic mass is 9.97. The van der Waals surface area contributed by atoms with Crippen LogP contribution in [0.5, 0.6) is 0 Å². The lowest BCUT2D eigenvalue weighted by Crippen LogP contribution is -2.32. The predicted molar refractivity (Wildman–Crippen MR) is 65.2 cm³/mol. The Hall–Kier alpha value is -0.480. The molecule has 0 spiro atoms. The second kappa shape index (κ2) is 5.03. The zero-order valence-corrected chi connectivity index (χ0v) is 10.3. The zero-order chi connectivity index (χ0) is 10.7. The molecule has 2 rings (SSSR count). The molecule has 2 atom stereocenters. The monoisotopic (exact) mass is 225 g/mol. The van der Waals surface area contributed by atoms with Gasteiger partial charge in [-0.1, -0.05) is 0 Å². The minimum atomic E-state index is 0.711. The zero-order valence-electron chi connectivity index (χ0n) is 9.44. The maximum Gasteiger partial charge on any atom is 0.0492 e. The molecule has 3 nitrogen and oxygen atoms in total. The summed E-state index contributed by atoms with van der Waals surface area (Å²) in [6, 6.07) is 2.83. The van der Waals surface area contributed by atoms with E-state index in [-0.39, 0.29) is 0 Å². The molecule has 1 aromatic heterocycles. The molecule has 0 aromatic carbocycles. The first-order valence-electron chi connectivity index (χ1n) is 5.53. The molecule has 0 amide bonds. The summed E-state index contributed by atoms with van der Waals surface area (Å²) in [4.78, 5) is 0. The summed E-state index contributed by atoms with van der Waals surface area (Å²) in [5.74, 6) is 3.41. The van der Waals surface area contributed by atoms with Crippen molar-refractivity contribution in [1.82, 2.24) is 15.1 Å². The molecule has 1 aliphatic rings. The number of aromatic nitrogens is 2. The molecule has 1 saturated heterocycles. The third kappa shape index (κ3) is 2.55. The quantitative estimate of drug-likeness (QED) is 0.838. The van der Waals surface area contributed by atoms with E-state index in [9.17, 15) is 0 Å². The topological polar surface area (TPSA) is 29.9 Å². The molecule has 0 saturated carbocycles. The number of nitrogens with zero attached hydrogens (tertiary/aromatic N) is 2. The highest BCUT2D eigenvalue weighted by Crippen LogP contribution is 2.27. The Kier molecular flexibility index (Phi) is 3.70. The lowest BCUT2D eigenvalue weighted by molar-refractivity contribution is 0.424. The van der Waals surface area contributed by atoms with Crippen LogP contribution < -0.4 is 5.32 Å². The Balaban J connectivity index is 1.85. The fourth-order valence-electron chi connectivity index (χ4n) is 2.18. The van der Waals surface area contributed by atoms with E-state index in [0.717, 1.165) is 12.3 Å². The molecule has 1 N–H and O–H groups in total. The van der Waals surface area contributed by atoms with Crippen molar-refractivity contribution in [3.63, 3.8) is 0 Å². The Labute approximate surface area is 95.6 Å². The van der Waals surface area contributed by atoms with Gasteiger partial charge < -0.3 is 5.32 Å². The van der Waals surface area contributed by atoms with Crippen molar-refractivity contribution in [2.45, 2.75) is 18.9 Å². The normalized spacial score (nSPS) is 26.0. The number of hydrogen-bond acceptors (Lipinski definition) is 3. The molecule has 1 fully saturated rings. The van der Waals surface area contributed by atoms with E-state index in [2.05, 4.69) is 35.3 Å². The Morgan fingerprint density at radius 1 is 1.60 bits per heavy atom. The van der Waals surface area contributed by atoms with Crippen LogP contribution in [0.25, 0.3) is 0 Å². The summed E-state index contributed by atoms with van der Waals surface area (Å²) in [5, 5.41) is 7.61. The third-order valence-electron chi connectivity index (χ3n) is 3.26. The smallest absolute Gasteiger partial charge is 0.0492 e. The third-order valence-corrected chi connectivity index (χ3v) is 4.52. The summed E-state index contributed by atoms with van der Waals surface area (Å²) in [5.41, 5.74) is 1.35. The molecule has 15 heavy (non-hydrogen) atoms. The maximum absolute atomic E-state index is 4.20. The SMILES string of the molecule is CNC1CSCC1CCc1ccnn1C. The summed E-state index contributed by atoms with van der Waals surface area (Å²) in [6.45, 7) is 0. The Morgan fingerprint density at radius 3 is 3.13 bits per heavy atom. The largest absolute Gasteiger partial charge is 0.316 e. The van der Waals surface area contributed by atoms with E-state index in [4.69, 9.17) is 0 Å². The second-order valence-corrected chi connectivity index (χ2v) is 5.25. The minimum absolute atomic E-state index is 0.711. The molecule has 1 aliphatic heterocycles. The number of hydrogen-bond donors (Lipinski definition) is 1. The average molecular weight is 225 g/mol. The second-order valence-electron chi connectivity index (χ2n) is 4.18. The number of aryl methyl sites for hydroxylation is 2. The van der Waals surface area contributed by atoms with Gasteiger partial charge in [0.05, 0.1) is 0 Å². The Morgan fingerprint density at radius 2 is 2.47 bits per heavy atom. The van der Waals surface area contributed by atoms with Crippen molar-refractivity contribution in [2.24, 2.45) is 13.0 Å². The van der Waals surface area contributed by atoms with Gasteiger partial charge in [0.15, 0.2) is 0 Å². The van der Waals surface area contributed by atoms with Gasteiger partial charge in [-0.15, -0.1) is 0 Å². The van der Waals surface area contributed by atoms with E-state index in [1.807, 2.05) is 17.9 Å². The van der Waals surface area contributed by atoms with Crippen LogP contribution in [-0.4, -0.2) is 34.4 Å². The van der Waals surface area contributed by atoms with E-state index in [1.165, 1.54) is 23.6 Å². The molecular formula is C11H19N3S. The van der Waals surface area contributed by atoms with E-state index in [0.29, 0.717) is 6.04 Å². The van der Waals surface area contributed by atoms with Crippen molar-refractivity contribution in [2.75, 3.05) is 18.6 Å². The van der Waals surface area contributed by atoms with E-state index >= 15 is 0 Å². The molecule has 2 unspecified atom stereocenters. The first-order valence-corrected chi connectivity index (χ1v) is 6.68. The van der Waals surface area contributed by atoms with Gasteiger partial charge in [-0.25, -0.2) is 0 Å². The highest BCUT2D eigenvalue weighted by molar-refractivity contribution is 7.99. The van der Waals surface area contributed by atoms with Crippen LogP contribution in [0.1, 0.15) is 12.1 Å². The molecule has 2 heterocycles. The van der Waals surface area contributed by atoms with Gasteiger partial charge in [0.25, 0.3) is 0 Å². The lowest BCUT2D eigenvalue weighted by Gasteiger charge is -2.17. The van der Waals surface area contributed by atoms with Crippen LogP contribution in [0.2, 0.25) is 0 Å². The van der Waals surface area contributed by atoms with Crippen LogP contribution in [-0.2, 0) is 13.5 Å². The van der Waals surface area contributed by atoms with Gasteiger partial charge in [0.2, 0.25) is 0 Å². The number of rotatable bonds is 4. The molecule has 0 radical (unpaired) electrons. The van der Waals surface area contributed by atoms with E-state index < -0.39 is 0 Å². The van der Waals surface area contributed by atoms with Crippen LogP contribution >= 0.6 is 11.8 Å². The fraction of sp³-hybridized carbons (Fsp3) is 0.727. The summed E-state index contributed by atoms with van der Waals surface area (Å²) < 4.78 is 1.98. The average Bonchev–Trinajstić information content (AvgIpc) is 2.83. The first kappa shape index (κ1) is 11.0. The molecule has 84 valence electrons. The van der Waals surface area contributed by atoms with Crippen LogP contribution in [0, 0.1) is 5.92 Å². The molecule has 4 heteroatoms. The highest BCUT2D eigenvalue weighted by atomic mass is 32.2. The standard InChI is InChI=1S/C11H19N3S/c1-12-11-8-15-7-9(11)3-4-10-5-6-13-14(10)2/h5-6,9,11-12H,3-4,7-8H2,1-2H3. The van der Waals surface area contributed by atoms with E-state index in [1.54, 1.807) is 0 Å². The van der Waals surface area contributed by atoms with Gasteiger partial charge >= 0.3 is 0 Å². The first-order chi connectivity index (χ1) is 7.31. The molecular weight excluding hydrogens is 206 g/mol. The molecule has 1 aromatic rings. The van der Waals surface area contributed by atoms with Crippen molar-refractivity contribution in [1.29, 1.82) is 0 Å². The van der Waals surface area contributed by atoms with Crippen LogP contribution in [0.3, 0.4) is 0 Å². The van der Waals surface area contributed by atoms with Crippen molar-refractivity contribution < 1.29 is 0 Å². The van der Waals surface area contributed by atoms with Crippen LogP contribution in [0.15, 0.2) is 12.3 Å². The number of nitrogens with one attached hydrogen (secondary N) is 1. The summed E-state index contributed by atoms with van der Waals surface area (Å²) in [7, 11) is 4.10. The van der Waals surface area contributed by atoms with Crippen molar-refractivity contribution in [3.8, 4) is 0 Å². The van der Waals surface area contributed by atoms with Crippen molar-refractivity contribution in [3.05, 3.63) is 18.0 Å². The van der Waals surface area contributed by atoms with Crippen molar-refractivity contribution >= 4 is 11.8 Å². The van der Waals surface area contributed by atoms with Gasteiger partial charge in [-0.05, 0) is 37.6 Å². The minimum Gasteiger partial charge on any atom is -0.316 e. The molecule has 0 bridgehead atoms. The molecule has 0 aliphatic carbocycles. The van der Waals surface area contributed by atoms with Gasteiger partial charge in [0, 0.05) is 30.7 Å². The predicted octanol–water partition coefficient (Wildman–Crippen LogP) is 1.30.